The highest BCUT2D eigenvalue weighted by molar-refractivity contribution is 5.68. The number of hydrogen-bond acceptors (Lipinski definition) is 6. The fourth-order valence-corrected chi connectivity index (χ4v) is 2.71. The summed E-state index contributed by atoms with van der Waals surface area (Å²) in [6, 6.07) is 2.94. The van der Waals surface area contributed by atoms with Gasteiger partial charge in [0.1, 0.15) is 17.3 Å². The number of rotatable bonds is 2. The van der Waals surface area contributed by atoms with E-state index >= 15 is 0 Å². The smallest absolute Gasteiger partial charge is 0.407 e. The van der Waals surface area contributed by atoms with Crippen molar-refractivity contribution >= 4 is 11.8 Å². The number of nitrogens with two attached hydrogens (primary N) is 1. The minimum Gasteiger partial charge on any atom is -0.444 e. The first kappa shape index (κ1) is 18.5. The Bertz CT molecular complexity index is 598. The van der Waals surface area contributed by atoms with E-state index in [2.05, 4.69) is 10.3 Å². The van der Waals surface area contributed by atoms with Crippen LogP contribution < -0.4 is 11.1 Å². The Morgan fingerprint density at radius 1 is 1.54 bits per heavy atom. The van der Waals surface area contributed by atoms with E-state index in [0.29, 0.717) is 17.8 Å². The Morgan fingerprint density at radius 3 is 2.79 bits per heavy atom. The van der Waals surface area contributed by atoms with Crippen LogP contribution in [-0.2, 0) is 9.47 Å². The van der Waals surface area contributed by atoms with Crippen molar-refractivity contribution in [1.29, 1.82) is 0 Å². The Balaban J connectivity index is 2.18. The van der Waals surface area contributed by atoms with Crippen LogP contribution >= 0.6 is 0 Å². The second-order valence-corrected chi connectivity index (χ2v) is 7.41. The van der Waals surface area contributed by atoms with Gasteiger partial charge in [-0.1, -0.05) is 0 Å². The molecule has 7 nitrogen and oxygen atoms in total. The number of hydrogen-bond donors (Lipinski definition) is 3. The lowest BCUT2D eigenvalue weighted by atomic mass is 9.83. The van der Waals surface area contributed by atoms with E-state index in [1.54, 1.807) is 52.9 Å². The first-order chi connectivity index (χ1) is 11.0. The molecule has 134 valence electrons. The highest BCUT2D eigenvalue weighted by Gasteiger charge is 2.47. The van der Waals surface area contributed by atoms with Gasteiger partial charge in [0.05, 0.1) is 23.5 Å². The van der Waals surface area contributed by atoms with Gasteiger partial charge in [0, 0.05) is 12.6 Å². The number of nitrogen functional groups attached to an aromatic ring is 1. The lowest BCUT2D eigenvalue weighted by Gasteiger charge is -2.45. The third-order valence-electron chi connectivity index (χ3n) is 4.21. The van der Waals surface area contributed by atoms with E-state index in [1.165, 1.54) is 0 Å². The molecule has 24 heavy (non-hydrogen) atoms. The van der Waals surface area contributed by atoms with Crippen molar-refractivity contribution in [2.24, 2.45) is 0 Å². The van der Waals surface area contributed by atoms with Gasteiger partial charge in [0.25, 0.3) is 0 Å². The molecule has 1 aromatic rings. The van der Waals surface area contributed by atoms with Crippen LogP contribution in [-0.4, -0.2) is 39.5 Å². The summed E-state index contributed by atoms with van der Waals surface area (Å²) in [4.78, 5) is 16.4. The topological polar surface area (TPSA) is 107 Å². The van der Waals surface area contributed by atoms with Gasteiger partial charge in [-0.05, 0) is 46.8 Å². The SMILES string of the molecule is C[C@H]1O[C@@H](c2ncccc2N)C[C@@H](NC(=O)OC(C)(C)C)[C@]1(C)O. The second kappa shape index (κ2) is 6.57. The predicted octanol–water partition coefficient (Wildman–Crippen LogP) is 2.16. The maximum absolute atomic E-state index is 12.1. The van der Waals surface area contributed by atoms with Crippen molar-refractivity contribution in [3.8, 4) is 0 Å². The lowest BCUT2D eigenvalue weighted by molar-refractivity contribution is -0.177. The third-order valence-corrected chi connectivity index (χ3v) is 4.21. The van der Waals surface area contributed by atoms with Crippen LogP contribution in [0.5, 0.6) is 0 Å². The average Bonchev–Trinajstić information content (AvgIpc) is 2.42. The molecule has 0 spiro atoms. The van der Waals surface area contributed by atoms with E-state index in [-0.39, 0.29) is 0 Å². The summed E-state index contributed by atoms with van der Waals surface area (Å²) < 4.78 is 11.2. The number of amides is 1. The fourth-order valence-electron chi connectivity index (χ4n) is 2.71. The molecular weight excluding hydrogens is 310 g/mol. The zero-order valence-electron chi connectivity index (χ0n) is 14.9. The number of nitrogens with one attached hydrogen (secondary N) is 1. The Morgan fingerprint density at radius 2 is 2.21 bits per heavy atom. The number of alkyl carbamates (subject to hydrolysis) is 1. The molecule has 0 aliphatic carbocycles. The number of anilines is 1. The lowest BCUT2D eigenvalue weighted by Crippen LogP contribution is -2.61. The molecule has 0 aromatic carbocycles. The monoisotopic (exact) mass is 337 g/mol. The molecule has 0 unspecified atom stereocenters. The average molecular weight is 337 g/mol. The highest BCUT2D eigenvalue weighted by Crippen LogP contribution is 2.38. The summed E-state index contributed by atoms with van der Waals surface area (Å²) in [5.41, 5.74) is 5.25. The van der Waals surface area contributed by atoms with Crippen LogP contribution in [0.3, 0.4) is 0 Å². The van der Waals surface area contributed by atoms with Gasteiger partial charge in [-0.2, -0.15) is 0 Å². The molecule has 1 saturated heterocycles. The van der Waals surface area contributed by atoms with Gasteiger partial charge < -0.3 is 25.6 Å². The quantitative estimate of drug-likeness (QED) is 0.763. The molecule has 1 aliphatic heterocycles. The van der Waals surface area contributed by atoms with Crippen molar-refractivity contribution in [3.05, 3.63) is 24.0 Å². The van der Waals surface area contributed by atoms with E-state index in [9.17, 15) is 9.90 Å². The van der Waals surface area contributed by atoms with Gasteiger partial charge in [-0.15, -0.1) is 0 Å². The van der Waals surface area contributed by atoms with Gasteiger partial charge in [-0.25, -0.2) is 4.79 Å². The molecule has 0 saturated carbocycles. The standard InChI is InChI=1S/C17H27N3O4/c1-10-17(5,22)13(20-15(21)24-16(2,3)4)9-12(23-10)14-11(18)7-6-8-19-14/h6-8,10,12-13,22H,9,18H2,1-5H3,(H,20,21)/t10-,12-,13-,17-/m1/s1. The van der Waals surface area contributed by atoms with Crippen LogP contribution in [0, 0.1) is 0 Å². The maximum Gasteiger partial charge on any atom is 0.407 e. The molecule has 0 radical (unpaired) electrons. The van der Waals surface area contributed by atoms with Crippen molar-refractivity contribution in [2.45, 2.75) is 70.5 Å². The van der Waals surface area contributed by atoms with Crippen LogP contribution in [0.15, 0.2) is 18.3 Å². The molecule has 2 rings (SSSR count). The normalized spacial score (nSPS) is 30.7. The Hall–Kier alpha value is -1.86. The molecule has 0 bridgehead atoms. The van der Waals surface area contributed by atoms with E-state index in [0.717, 1.165) is 0 Å². The van der Waals surface area contributed by atoms with Gasteiger partial charge >= 0.3 is 6.09 Å². The molecule has 1 aromatic heterocycles. The molecule has 4 atom stereocenters. The Labute approximate surface area is 142 Å². The number of carbonyl (C=O) groups excluding carboxylic acids is 1. The zero-order chi connectivity index (χ0) is 18.1. The molecule has 7 heteroatoms. The number of carbonyl (C=O) groups is 1. The molecular formula is C17H27N3O4. The van der Waals surface area contributed by atoms with E-state index in [1.807, 2.05) is 0 Å². The number of pyridine rings is 1. The minimum atomic E-state index is -1.24. The van der Waals surface area contributed by atoms with Crippen LogP contribution in [0.25, 0.3) is 0 Å². The summed E-state index contributed by atoms with van der Waals surface area (Å²) in [6.45, 7) is 8.75. The van der Waals surface area contributed by atoms with Crippen LogP contribution in [0.1, 0.15) is 52.8 Å². The first-order valence-electron chi connectivity index (χ1n) is 8.08. The number of aliphatic hydroxyl groups is 1. The number of aromatic nitrogens is 1. The van der Waals surface area contributed by atoms with Crippen molar-refractivity contribution < 1.29 is 19.4 Å². The van der Waals surface area contributed by atoms with Crippen molar-refractivity contribution in [1.82, 2.24) is 10.3 Å². The first-order valence-corrected chi connectivity index (χ1v) is 8.08. The summed E-state index contributed by atoms with van der Waals surface area (Å²) in [6.07, 6.45) is 0.481. The number of ether oxygens (including phenoxy) is 2. The molecule has 2 heterocycles. The molecule has 1 amide bonds. The van der Waals surface area contributed by atoms with Crippen LogP contribution in [0.2, 0.25) is 0 Å². The fraction of sp³-hybridized carbons (Fsp3) is 0.647. The number of nitrogens with zero attached hydrogens (tertiary/aromatic N) is 1. The summed E-state index contributed by atoms with van der Waals surface area (Å²) in [5.74, 6) is 0. The second-order valence-electron chi connectivity index (χ2n) is 7.41. The van der Waals surface area contributed by atoms with Gasteiger partial charge in [-0.3, -0.25) is 4.98 Å². The highest BCUT2D eigenvalue weighted by atomic mass is 16.6. The third kappa shape index (κ3) is 4.15. The largest absolute Gasteiger partial charge is 0.444 e. The minimum absolute atomic E-state index is 0.345. The molecule has 1 aliphatic rings. The maximum atomic E-state index is 12.1. The Kier molecular flexibility index (Phi) is 5.05. The predicted molar refractivity (Wildman–Crippen MR) is 90.3 cm³/mol. The molecule has 4 N–H and O–H groups in total. The summed E-state index contributed by atoms with van der Waals surface area (Å²) >= 11 is 0. The van der Waals surface area contributed by atoms with Crippen LogP contribution in [0.4, 0.5) is 10.5 Å². The zero-order valence-corrected chi connectivity index (χ0v) is 14.9. The molecule has 1 fully saturated rings. The van der Waals surface area contributed by atoms with E-state index in [4.69, 9.17) is 15.2 Å². The van der Waals surface area contributed by atoms with Gasteiger partial charge in [0.15, 0.2) is 0 Å². The van der Waals surface area contributed by atoms with Crippen molar-refractivity contribution in [2.75, 3.05) is 5.73 Å². The van der Waals surface area contributed by atoms with Crippen molar-refractivity contribution in [3.63, 3.8) is 0 Å². The summed E-state index contributed by atoms with van der Waals surface area (Å²) in [5, 5.41) is 13.5. The van der Waals surface area contributed by atoms with Gasteiger partial charge in [0.2, 0.25) is 0 Å². The van der Waals surface area contributed by atoms with E-state index < -0.39 is 35.5 Å². The summed E-state index contributed by atoms with van der Waals surface area (Å²) in [7, 11) is 0.